The van der Waals surface area contributed by atoms with Crippen LogP contribution in [0.15, 0.2) is 54.6 Å². The average molecular weight is 476 g/mol. The second kappa shape index (κ2) is 12.2. The smallest absolute Gasteiger partial charge is 0.244 e. The van der Waals surface area contributed by atoms with Crippen molar-refractivity contribution >= 4 is 27.5 Å². The van der Waals surface area contributed by atoms with E-state index in [1.165, 1.54) is 12.0 Å². The number of hydrogen-bond acceptors (Lipinski definition) is 5. The molecule has 0 radical (unpaired) electrons. The maximum Gasteiger partial charge on any atom is 0.244 e. The monoisotopic (exact) mass is 475 g/mol. The SMILES string of the molecule is CCCCNC(=O)C(C)N(Cc1ccccc1)C(=O)CN(c1cccc(OC)c1)S(C)(=O)=O. The maximum absolute atomic E-state index is 13.4. The molecule has 0 saturated heterocycles. The molecule has 180 valence electrons. The minimum absolute atomic E-state index is 0.178. The summed E-state index contributed by atoms with van der Waals surface area (Å²) in [7, 11) is -2.30. The first-order chi connectivity index (χ1) is 15.7. The Hall–Kier alpha value is -3.07. The molecule has 0 fully saturated rings. The van der Waals surface area contributed by atoms with Crippen LogP contribution >= 0.6 is 0 Å². The lowest BCUT2D eigenvalue weighted by Gasteiger charge is -2.31. The zero-order valence-electron chi connectivity index (χ0n) is 19.7. The Bertz CT molecular complexity index is 1030. The number of unbranched alkanes of at least 4 members (excludes halogenated alkanes) is 1. The summed E-state index contributed by atoms with van der Waals surface area (Å²) in [6, 6.07) is 15.0. The number of rotatable bonds is 12. The summed E-state index contributed by atoms with van der Waals surface area (Å²) in [4.78, 5) is 27.6. The molecule has 0 saturated carbocycles. The Kier molecular flexibility index (Phi) is 9.72. The molecule has 1 unspecified atom stereocenters. The van der Waals surface area contributed by atoms with Crippen molar-refractivity contribution in [3.05, 3.63) is 60.2 Å². The molecule has 33 heavy (non-hydrogen) atoms. The van der Waals surface area contributed by atoms with Gasteiger partial charge in [0.2, 0.25) is 21.8 Å². The van der Waals surface area contributed by atoms with Gasteiger partial charge in [0.1, 0.15) is 18.3 Å². The first-order valence-corrected chi connectivity index (χ1v) is 12.7. The molecule has 0 heterocycles. The summed E-state index contributed by atoms with van der Waals surface area (Å²) < 4.78 is 31.3. The molecule has 0 aliphatic rings. The summed E-state index contributed by atoms with van der Waals surface area (Å²) >= 11 is 0. The molecule has 0 bridgehead atoms. The number of carbonyl (C=O) groups excluding carboxylic acids is 2. The summed E-state index contributed by atoms with van der Waals surface area (Å²) in [6.45, 7) is 3.94. The van der Waals surface area contributed by atoms with Crippen LogP contribution in [-0.2, 0) is 26.2 Å². The number of carbonyl (C=O) groups is 2. The van der Waals surface area contributed by atoms with E-state index >= 15 is 0 Å². The summed E-state index contributed by atoms with van der Waals surface area (Å²) in [6.07, 6.45) is 2.82. The van der Waals surface area contributed by atoms with Gasteiger partial charge in [0.25, 0.3) is 0 Å². The minimum atomic E-state index is -3.78. The molecule has 0 aliphatic carbocycles. The number of nitrogens with one attached hydrogen (secondary N) is 1. The number of hydrogen-bond donors (Lipinski definition) is 1. The molecule has 0 aromatic heterocycles. The maximum atomic E-state index is 13.4. The van der Waals surface area contributed by atoms with E-state index in [0.717, 1.165) is 29.0 Å². The van der Waals surface area contributed by atoms with Gasteiger partial charge in [0.15, 0.2) is 0 Å². The van der Waals surface area contributed by atoms with Crippen LogP contribution in [0.25, 0.3) is 0 Å². The standard InChI is InChI=1S/C24H33N3O5S/c1-5-6-15-25-24(29)19(2)26(17-20-11-8-7-9-12-20)23(28)18-27(33(4,30)31)21-13-10-14-22(16-21)32-3/h7-14,16,19H,5-6,15,17-18H2,1-4H3,(H,25,29). The molecular formula is C24H33N3O5S. The molecule has 1 atom stereocenters. The van der Waals surface area contributed by atoms with Gasteiger partial charge in [-0.2, -0.15) is 0 Å². The molecule has 1 N–H and O–H groups in total. The first-order valence-electron chi connectivity index (χ1n) is 10.9. The highest BCUT2D eigenvalue weighted by Crippen LogP contribution is 2.23. The van der Waals surface area contributed by atoms with Gasteiger partial charge in [0, 0.05) is 19.2 Å². The van der Waals surface area contributed by atoms with Crippen molar-refractivity contribution in [1.29, 1.82) is 0 Å². The van der Waals surface area contributed by atoms with Crippen LogP contribution in [0.2, 0.25) is 0 Å². The molecule has 2 rings (SSSR count). The van der Waals surface area contributed by atoms with Crippen LogP contribution in [-0.4, -0.2) is 57.6 Å². The third-order valence-corrected chi connectivity index (χ3v) is 6.35. The Morgan fingerprint density at radius 2 is 1.79 bits per heavy atom. The zero-order chi connectivity index (χ0) is 24.4. The number of nitrogens with zero attached hydrogens (tertiary/aromatic N) is 2. The van der Waals surface area contributed by atoms with Crippen LogP contribution in [0.5, 0.6) is 5.75 Å². The molecule has 8 nitrogen and oxygen atoms in total. The summed E-state index contributed by atoms with van der Waals surface area (Å²) in [5, 5.41) is 2.85. The second-order valence-corrected chi connectivity index (χ2v) is 9.71. The van der Waals surface area contributed by atoms with E-state index in [2.05, 4.69) is 5.32 Å². The largest absolute Gasteiger partial charge is 0.497 e. The fourth-order valence-corrected chi connectivity index (χ4v) is 4.12. The number of sulfonamides is 1. The van der Waals surface area contributed by atoms with Crippen LogP contribution < -0.4 is 14.4 Å². The average Bonchev–Trinajstić information content (AvgIpc) is 2.80. The van der Waals surface area contributed by atoms with Crippen LogP contribution in [0.1, 0.15) is 32.3 Å². The molecule has 0 aliphatic heterocycles. The lowest BCUT2D eigenvalue weighted by atomic mass is 10.1. The van der Waals surface area contributed by atoms with Gasteiger partial charge in [-0.1, -0.05) is 49.7 Å². The third kappa shape index (κ3) is 7.78. The van der Waals surface area contributed by atoms with Crippen molar-refractivity contribution in [3.63, 3.8) is 0 Å². The quantitative estimate of drug-likeness (QED) is 0.476. The molecule has 2 amide bonds. The predicted molar refractivity (Wildman–Crippen MR) is 130 cm³/mol. The predicted octanol–water partition coefficient (Wildman–Crippen LogP) is 2.79. The van der Waals surface area contributed by atoms with Crippen LogP contribution in [0, 0.1) is 0 Å². The molecule has 2 aromatic rings. The Labute approximate surface area is 196 Å². The highest BCUT2D eigenvalue weighted by Gasteiger charge is 2.30. The number of ether oxygens (including phenoxy) is 1. The van der Waals surface area contributed by atoms with Gasteiger partial charge >= 0.3 is 0 Å². The van der Waals surface area contributed by atoms with Crippen LogP contribution in [0.4, 0.5) is 5.69 Å². The molecule has 0 spiro atoms. The van der Waals surface area contributed by atoms with Gasteiger partial charge in [-0.25, -0.2) is 8.42 Å². The van der Waals surface area contributed by atoms with Crippen molar-refractivity contribution in [2.24, 2.45) is 0 Å². The van der Waals surface area contributed by atoms with E-state index in [4.69, 9.17) is 4.74 Å². The van der Waals surface area contributed by atoms with Gasteiger partial charge in [-0.15, -0.1) is 0 Å². The summed E-state index contributed by atoms with van der Waals surface area (Å²) in [5.74, 6) is -0.288. The van der Waals surface area contributed by atoms with Crippen molar-refractivity contribution in [1.82, 2.24) is 10.2 Å². The fraction of sp³-hybridized carbons (Fsp3) is 0.417. The van der Waals surface area contributed by atoms with E-state index in [1.54, 1.807) is 31.2 Å². The van der Waals surface area contributed by atoms with Gasteiger partial charge < -0.3 is 15.0 Å². The molecule has 2 aromatic carbocycles. The number of anilines is 1. The van der Waals surface area contributed by atoms with E-state index in [1.807, 2.05) is 37.3 Å². The van der Waals surface area contributed by atoms with Gasteiger partial charge in [-0.05, 0) is 31.0 Å². The molecular weight excluding hydrogens is 442 g/mol. The summed E-state index contributed by atoms with van der Waals surface area (Å²) in [5.41, 5.74) is 1.15. The third-order valence-electron chi connectivity index (χ3n) is 5.21. The molecule has 9 heteroatoms. The van der Waals surface area contributed by atoms with Crippen molar-refractivity contribution in [3.8, 4) is 5.75 Å². The Balaban J connectivity index is 2.33. The number of methoxy groups -OCH3 is 1. The second-order valence-electron chi connectivity index (χ2n) is 7.80. The van der Waals surface area contributed by atoms with E-state index in [-0.39, 0.29) is 12.5 Å². The van der Waals surface area contributed by atoms with Crippen LogP contribution in [0.3, 0.4) is 0 Å². The highest BCUT2D eigenvalue weighted by atomic mass is 32.2. The highest BCUT2D eigenvalue weighted by molar-refractivity contribution is 7.92. The zero-order valence-corrected chi connectivity index (χ0v) is 20.5. The minimum Gasteiger partial charge on any atom is -0.497 e. The topological polar surface area (TPSA) is 96.0 Å². The fourth-order valence-electron chi connectivity index (χ4n) is 3.28. The van der Waals surface area contributed by atoms with Crippen molar-refractivity contribution < 1.29 is 22.7 Å². The number of benzene rings is 2. The van der Waals surface area contributed by atoms with E-state index < -0.39 is 28.5 Å². The normalized spacial score (nSPS) is 12.0. The van der Waals surface area contributed by atoms with Crippen molar-refractivity contribution in [2.75, 3.05) is 30.8 Å². The Morgan fingerprint density at radius 3 is 2.39 bits per heavy atom. The van der Waals surface area contributed by atoms with E-state index in [0.29, 0.717) is 18.0 Å². The lowest BCUT2D eigenvalue weighted by Crippen LogP contribution is -2.51. The van der Waals surface area contributed by atoms with Crippen molar-refractivity contribution in [2.45, 2.75) is 39.3 Å². The van der Waals surface area contributed by atoms with E-state index in [9.17, 15) is 18.0 Å². The van der Waals surface area contributed by atoms with Gasteiger partial charge in [0.05, 0.1) is 19.1 Å². The lowest BCUT2D eigenvalue weighted by molar-refractivity contribution is -0.139. The number of amides is 2. The Morgan fingerprint density at radius 1 is 1.09 bits per heavy atom. The first kappa shape index (κ1) is 26.2. The van der Waals surface area contributed by atoms with Gasteiger partial charge in [-0.3, -0.25) is 13.9 Å².